The molecule has 2 aromatic carbocycles. The van der Waals surface area contributed by atoms with Gasteiger partial charge in [-0.25, -0.2) is 0 Å². The Balaban J connectivity index is 2.23. The highest BCUT2D eigenvalue weighted by Crippen LogP contribution is 2.25. The standard InChI is InChI=1S/C16H10BrClN2O2/c17-12-2-1-3-13(8-12)20-16(22)11(9-19)6-10-4-5-15(21)14(18)7-10/h1-8,21H,(H,20,22)/b11-6-. The van der Waals surface area contributed by atoms with E-state index in [4.69, 9.17) is 16.9 Å². The number of aromatic hydroxyl groups is 1. The molecule has 0 aliphatic carbocycles. The van der Waals surface area contributed by atoms with Gasteiger partial charge >= 0.3 is 0 Å². The average Bonchev–Trinajstić information content (AvgIpc) is 2.48. The predicted octanol–water partition coefficient (Wildman–Crippen LogP) is 4.35. The summed E-state index contributed by atoms with van der Waals surface area (Å²) in [6.07, 6.45) is 1.40. The van der Waals surface area contributed by atoms with Crippen molar-refractivity contribution >= 4 is 45.2 Å². The van der Waals surface area contributed by atoms with E-state index >= 15 is 0 Å². The van der Waals surface area contributed by atoms with Crippen molar-refractivity contribution in [3.63, 3.8) is 0 Å². The van der Waals surface area contributed by atoms with Crippen LogP contribution in [-0.2, 0) is 4.79 Å². The van der Waals surface area contributed by atoms with Gasteiger partial charge in [-0.05, 0) is 42.0 Å². The minimum Gasteiger partial charge on any atom is -0.506 e. The number of benzene rings is 2. The van der Waals surface area contributed by atoms with E-state index in [-0.39, 0.29) is 16.3 Å². The number of nitriles is 1. The maximum atomic E-state index is 12.1. The van der Waals surface area contributed by atoms with Crippen molar-refractivity contribution in [2.24, 2.45) is 0 Å². The fraction of sp³-hybridized carbons (Fsp3) is 0. The minimum atomic E-state index is -0.523. The van der Waals surface area contributed by atoms with E-state index < -0.39 is 5.91 Å². The molecule has 0 saturated carbocycles. The first kappa shape index (κ1) is 16.1. The second-order valence-electron chi connectivity index (χ2n) is 4.35. The first-order valence-electron chi connectivity index (χ1n) is 6.17. The first-order valence-corrected chi connectivity index (χ1v) is 7.34. The molecule has 0 bridgehead atoms. The van der Waals surface area contributed by atoms with Crippen LogP contribution in [0.25, 0.3) is 6.08 Å². The summed E-state index contributed by atoms with van der Waals surface area (Å²) in [7, 11) is 0. The van der Waals surface area contributed by atoms with Crippen molar-refractivity contribution in [2.45, 2.75) is 0 Å². The normalized spacial score (nSPS) is 10.9. The SMILES string of the molecule is N#C/C(=C/c1ccc(O)c(Cl)c1)C(=O)Nc1cccc(Br)c1. The highest BCUT2D eigenvalue weighted by atomic mass is 79.9. The summed E-state index contributed by atoms with van der Waals surface area (Å²) < 4.78 is 0.818. The van der Waals surface area contributed by atoms with Crippen molar-refractivity contribution in [1.29, 1.82) is 5.26 Å². The molecule has 0 fully saturated rings. The highest BCUT2D eigenvalue weighted by Gasteiger charge is 2.10. The van der Waals surface area contributed by atoms with Gasteiger partial charge in [0.1, 0.15) is 17.4 Å². The Hall–Kier alpha value is -2.29. The van der Waals surface area contributed by atoms with Gasteiger partial charge in [-0.1, -0.05) is 39.7 Å². The van der Waals surface area contributed by atoms with Gasteiger partial charge in [0.05, 0.1) is 5.02 Å². The summed E-state index contributed by atoms with van der Waals surface area (Å²) in [6, 6.07) is 13.3. The Morgan fingerprint density at radius 2 is 2.09 bits per heavy atom. The number of anilines is 1. The van der Waals surface area contributed by atoms with Gasteiger partial charge in [0.25, 0.3) is 5.91 Å². The van der Waals surface area contributed by atoms with E-state index in [1.54, 1.807) is 24.3 Å². The summed E-state index contributed by atoms with van der Waals surface area (Å²) in [5, 5.41) is 21.3. The molecule has 2 aromatic rings. The number of hydrogen-bond donors (Lipinski definition) is 2. The third kappa shape index (κ3) is 4.10. The molecule has 0 radical (unpaired) electrons. The lowest BCUT2D eigenvalue weighted by Gasteiger charge is -2.05. The van der Waals surface area contributed by atoms with Crippen LogP contribution in [0.2, 0.25) is 5.02 Å². The molecule has 2 N–H and O–H groups in total. The maximum Gasteiger partial charge on any atom is 0.266 e. The molecule has 0 aliphatic heterocycles. The zero-order chi connectivity index (χ0) is 16.1. The van der Waals surface area contributed by atoms with Gasteiger partial charge < -0.3 is 10.4 Å². The number of hydrogen-bond acceptors (Lipinski definition) is 3. The number of carbonyl (C=O) groups is 1. The van der Waals surface area contributed by atoms with E-state index in [9.17, 15) is 9.90 Å². The average molecular weight is 378 g/mol. The molecule has 110 valence electrons. The zero-order valence-electron chi connectivity index (χ0n) is 11.2. The topological polar surface area (TPSA) is 73.1 Å². The van der Waals surface area contributed by atoms with Crippen LogP contribution in [0.1, 0.15) is 5.56 Å². The molecule has 0 spiro atoms. The van der Waals surface area contributed by atoms with Gasteiger partial charge in [0.15, 0.2) is 0 Å². The van der Waals surface area contributed by atoms with Crippen molar-refractivity contribution in [3.8, 4) is 11.8 Å². The summed E-state index contributed by atoms with van der Waals surface area (Å²) >= 11 is 9.10. The minimum absolute atomic E-state index is 0.0593. The van der Waals surface area contributed by atoms with E-state index in [1.165, 1.54) is 18.2 Å². The van der Waals surface area contributed by atoms with Crippen molar-refractivity contribution in [2.75, 3.05) is 5.32 Å². The lowest BCUT2D eigenvalue weighted by molar-refractivity contribution is -0.112. The number of phenolic OH excluding ortho intramolecular Hbond substituents is 1. The van der Waals surface area contributed by atoms with E-state index in [0.29, 0.717) is 11.3 Å². The Morgan fingerprint density at radius 3 is 2.73 bits per heavy atom. The van der Waals surface area contributed by atoms with Gasteiger partial charge in [-0.3, -0.25) is 4.79 Å². The molecule has 0 atom stereocenters. The molecule has 0 heterocycles. The molecule has 2 rings (SSSR count). The smallest absolute Gasteiger partial charge is 0.266 e. The van der Waals surface area contributed by atoms with Crippen LogP contribution < -0.4 is 5.32 Å². The second-order valence-corrected chi connectivity index (χ2v) is 5.67. The maximum absolute atomic E-state index is 12.1. The van der Waals surface area contributed by atoms with Gasteiger partial charge in [-0.15, -0.1) is 0 Å². The van der Waals surface area contributed by atoms with E-state index in [2.05, 4.69) is 21.2 Å². The fourth-order valence-electron chi connectivity index (χ4n) is 1.69. The zero-order valence-corrected chi connectivity index (χ0v) is 13.5. The van der Waals surface area contributed by atoms with Crippen molar-refractivity contribution in [1.82, 2.24) is 0 Å². The number of nitrogens with one attached hydrogen (secondary N) is 1. The first-order chi connectivity index (χ1) is 10.5. The second kappa shape index (κ2) is 7.12. The Labute approximate surface area is 140 Å². The van der Waals surface area contributed by atoms with Crippen molar-refractivity contribution < 1.29 is 9.90 Å². The lowest BCUT2D eigenvalue weighted by Crippen LogP contribution is -2.13. The third-order valence-electron chi connectivity index (χ3n) is 2.73. The summed E-state index contributed by atoms with van der Waals surface area (Å²) in [4.78, 5) is 12.1. The van der Waals surface area contributed by atoms with Crippen LogP contribution in [0.4, 0.5) is 5.69 Å². The van der Waals surface area contributed by atoms with E-state index in [0.717, 1.165) is 4.47 Å². The summed E-state index contributed by atoms with van der Waals surface area (Å²) in [5.74, 6) is -0.583. The molecule has 0 aliphatic rings. The number of rotatable bonds is 3. The molecular formula is C16H10BrClN2O2. The quantitative estimate of drug-likeness (QED) is 0.617. The molecule has 1 amide bonds. The summed E-state index contributed by atoms with van der Waals surface area (Å²) in [5.41, 5.74) is 1.05. The Bertz CT molecular complexity index is 797. The fourth-order valence-corrected chi connectivity index (χ4v) is 2.28. The molecule has 22 heavy (non-hydrogen) atoms. The molecule has 6 heteroatoms. The summed E-state index contributed by atoms with van der Waals surface area (Å²) in [6.45, 7) is 0. The van der Waals surface area contributed by atoms with Crippen molar-refractivity contribution in [3.05, 3.63) is 63.1 Å². The Morgan fingerprint density at radius 1 is 1.32 bits per heavy atom. The van der Waals surface area contributed by atoms with Gasteiger partial charge in [0, 0.05) is 10.2 Å². The third-order valence-corrected chi connectivity index (χ3v) is 3.53. The van der Waals surface area contributed by atoms with Crippen LogP contribution in [0.3, 0.4) is 0 Å². The van der Waals surface area contributed by atoms with Crippen LogP contribution >= 0.6 is 27.5 Å². The van der Waals surface area contributed by atoms with Crippen LogP contribution in [0.5, 0.6) is 5.75 Å². The number of amides is 1. The van der Waals surface area contributed by atoms with E-state index in [1.807, 2.05) is 12.1 Å². The largest absolute Gasteiger partial charge is 0.506 e. The van der Waals surface area contributed by atoms with Crippen LogP contribution in [0.15, 0.2) is 52.5 Å². The molecule has 4 nitrogen and oxygen atoms in total. The number of phenols is 1. The lowest BCUT2D eigenvalue weighted by atomic mass is 10.1. The van der Waals surface area contributed by atoms with Gasteiger partial charge in [0.2, 0.25) is 0 Å². The molecule has 0 saturated heterocycles. The van der Waals surface area contributed by atoms with Gasteiger partial charge in [-0.2, -0.15) is 5.26 Å². The number of nitrogens with zero attached hydrogens (tertiary/aromatic N) is 1. The molecule has 0 aromatic heterocycles. The predicted molar refractivity (Wildman–Crippen MR) is 89.5 cm³/mol. The van der Waals surface area contributed by atoms with Crippen LogP contribution in [0, 0.1) is 11.3 Å². The Kier molecular flexibility index (Phi) is 5.21. The molecule has 0 unspecified atom stereocenters. The highest BCUT2D eigenvalue weighted by molar-refractivity contribution is 9.10. The van der Waals surface area contributed by atoms with Crippen LogP contribution in [-0.4, -0.2) is 11.0 Å². The number of halogens is 2. The monoisotopic (exact) mass is 376 g/mol. The number of carbonyl (C=O) groups excluding carboxylic acids is 1. The molecular weight excluding hydrogens is 368 g/mol.